The van der Waals surface area contributed by atoms with E-state index in [-0.39, 0.29) is 11.2 Å². The molecule has 1 fully saturated rings. The van der Waals surface area contributed by atoms with Gasteiger partial charge in [0.1, 0.15) is 5.76 Å². The number of thioether (sulfide) groups is 1. The normalized spacial score (nSPS) is 15.7. The van der Waals surface area contributed by atoms with Gasteiger partial charge >= 0.3 is 0 Å². The van der Waals surface area contributed by atoms with Crippen molar-refractivity contribution >= 4 is 23.6 Å². The lowest BCUT2D eigenvalue weighted by molar-refractivity contribution is -0.129. The van der Waals surface area contributed by atoms with Gasteiger partial charge in [-0.25, -0.2) is 0 Å². The van der Waals surface area contributed by atoms with Gasteiger partial charge < -0.3 is 14.2 Å². The molecule has 32 heavy (non-hydrogen) atoms. The second-order valence-electron chi connectivity index (χ2n) is 8.56. The van der Waals surface area contributed by atoms with E-state index in [1.807, 2.05) is 56.4 Å². The van der Waals surface area contributed by atoms with Crippen LogP contribution in [-0.4, -0.2) is 51.0 Å². The van der Waals surface area contributed by atoms with Gasteiger partial charge in [0.05, 0.1) is 18.1 Å². The number of aromatic nitrogens is 3. The third-order valence-corrected chi connectivity index (χ3v) is 6.99. The largest absolute Gasteiger partial charge is 0.467 e. The molecule has 1 atom stereocenters. The van der Waals surface area contributed by atoms with Crippen molar-refractivity contribution in [3.8, 4) is 0 Å². The highest BCUT2D eigenvalue weighted by Gasteiger charge is 2.26. The Balaban J connectivity index is 1.49. The SMILES string of the molecule is CC1CCN(c2nnc(SC(C)C(=O)N(C)Cc3ccccc3)n2Cc2ccco2)CC1. The van der Waals surface area contributed by atoms with E-state index >= 15 is 0 Å². The molecule has 0 N–H and O–H groups in total. The average Bonchev–Trinajstić information content (AvgIpc) is 3.45. The van der Waals surface area contributed by atoms with Crippen LogP contribution in [0.2, 0.25) is 0 Å². The lowest BCUT2D eigenvalue weighted by Crippen LogP contribution is -2.35. The lowest BCUT2D eigenvalue weighted by Gasteiger charge is -2.31. The number of carbonyl (C=O) groups is 1. The summed E-state index contributed by atoms with van der Waals surface area (Å²) in [5.41, 5.74) is 1.11. The summed E-state index contributed by atoms with van der Waals surface area (Å²) in [7, 11) is 1.85. The number of rotatable bonds is 8. The molecule has 7 nitrogen and oxygen atoms in total. The van der Waals surface area contributed by atoms with E-state index in [2.05, 4.69) is 26.6 Å². The molecular weight excluding hydrogens is 422 g/mol. The Labute approximate surface area is 193 Å². The number of hydrogen-bond acceptors (Lipinski definition) is 6. The van der Waals surface area contributed by atoms with Crippen molar-refractivity contribution in [2.24, 2.45) is 5.92 Å². The van der Waals surface area contributed by atoms with Crippen molar-refractivity contribution in [2.75, 3.05) is 25.0 Å². The molecule has 3 heterocycles. The molecule has 1 aliphatic heterocycles. The third-order valence-electron chi connectivity index (χ3n) is 5.93. The Hall–Kier alpha value is -2.74. The van der Waals surface area contributed by atoms with Crippen molar-refractivity contribution in [3.05, 3.63) is 60.1 Å². The zero-order valence-corrected chi connectivity index (χ0v) is 19.8. The van der Waals surface area contributed by atoms with E-state index in [4.69, 9.17) is 4.42 Å². The Morgan fingerprint density at radius 1 is 1.19 bits per heavy atom. The Kier molecular flexibility index (Phi) is 7.19. The Morgan fingerprint density at radius 2 is 1.94 bits per heavy atom. The molecule has 1 saturated heterocycles. The summed E-state index contributed by atoms with van der Waals surface area (Å²) in [6, 6.07) is 13.9. The molecule has 2 aromatic heterocycles. The molecule has 0 saturated carbocycles. The first-order chi connectivity index (χ1) is 15.5. The summed E-state index contributed by atoms with van der Waals surface area (Å²) in [5, 5.41) is 9.46. The monoisotopic (exact) mass is 453 g/mol. The number of furan rings is 1. The summed E-state index contributed by atoms with van der Waals surface area (Å²) in [6.07, 6.45) is 3.98. The van der Waals surface area contributed by atoms with Crippen LogP contribution >= 0.6 is 11.8 Å². The first-order valence-electron chi connectivity index (χ1n) is 11.2. The molecular formula is C24H31N5O2S. The maximum Gasteiger partial charge on any atom is 0.235 e. The summed E-state index contributed by atoms with van der Waals surface area (Å²) in [6.45, 7) is 7.30. The summed E-state index contributed by atoms with van der Waals surface area (Å²) < 4.78 is 7.68. The maximum absolute atomic E-state index is 13.0. The number of amides is 1. The van der Waals surface area contributed by atoms with Crippen LogP contribution in [0.5, 0.6) is 0 Å². The first-order valence-corrected chi connectivity index (χ1v) is 12.1. The predicted molar refractivity (Wildman–Crippen MR) is 127 cm³/mol. The summed E-state index contributed by atoms with van der Waals surface area (Å²) in [5.74, 6) is 2.51. The molecule has 0 spiro atoms. The van der Waals surface area contributed by atoms with Gasteiger partial charge in [-0.05, 0) is 43.4 Å². The second-order valence-corrected chi connectivity index (χ2v) is 9.87. The van der Waals surface area contributed by atoms with Crippen molar-refractivity contribution in [1.82, 2.24) is 19.7 Å². The minimum atomic E-state index is -0.280. The van der Waals surface area contributed by atoms with E-state index in [9.17, 15) is 4.79 Å². The molecule has 0 radical (unpaired) electrons. The number of nitrogens with zero attached hydrogens (tertiary/aromatic N) is 5. The van der Waals surface area contributed by atoms with Gasteiger partial charge in [-0.1, -0.05) is 49.0 Å². The van der Waals surface area contributed by atoms with Gasteiger partial charge in [0, 0.05) is 26.7 Å². The number of hydrogen-bond donors (Lipinski definition) is 0. The van der Waals surface area contributed by atoms with E-state index in [0.29, 0.717) is 13.1 Å². The van der Waals surface area contributed by atoms with Gasteiger partial charge in [-0.2, -0.15) is 0 Å². The van der Waals surface area contributed by atoms with Gasteiger partial charge in [-0.15, -0.1) is 10.2 Å². The third kappa shape index (κ3) is 5.35. The molecule has 0 aliphatic carbocycles. The fourth-order valence-corrected chi connectivity index (χ4v) is 4.92. The smallest absolute Gasteiger partial charge is 0.235 e. The quantitative estimate of drug-likeness (QED) is 0.474. The Bertz CT molecular complexity index is 997. The van der Waals surface area contributed by atoms with E-state index in [1.165, 1.54) is 11.8 Å². The maximum atomic E-state index is 13.0. The standard InChI is InChI=1S/C24H31N5O2S/c1-18-11-13-28(14-12-18)23-25-26-24(29(23)17-21-10-7-15-31-21)32-19(2)22(30)27(3)16-20-8-5-4-6-9-20/h4-10,15,18-19H,11-14,16-17H2,1-3H3. The molecule has 0 bridgehead atoms. The van der Waals surface area contributed by atoms with Crippen molar-refractivity contribution in [3.63, 3.8) is 0 Å². The van der Waals surface area contributed by atoms with Gasteiger partial charge in [-0.3, -0.25) is 9.36 Å². The van der Waals surface area contributed by atoms with Crippen LogP contribution in [0.25, 0.3) is 0 Å². The molecule has 1 aromatic carbocycles. The van der Waals surface area contributed by atoms with E-state index < -0.39 is 0 Å². The summed E-state index contributed by atoms with van der Waals surface area (Å²) >= 11 is 1.45. The minimum absolute atomic E-state index is 0.0692. The van der Waals surface area contributed by atoms with Gasteiger partial charge in [0.2, 0.25) is 11.9 Å². The molecule has 1 aliphatic rings. The highest BCUT2D eigenvalue weighted by atomic mass is 32.2. The Morgan fingerprint density at radius 3 is 2.62 bits per heavy atom. The number of piperidine rings is 1. The van der Waals surface area contributed by atoms with E-state index in [0.717, 1.165) is 54.3 Å². The highest BCUT2D eigenvalue weighted by Crippen LogP contribution is 2.29. The fourth-order valence-electron chi connectivity index (χ4n) is 3.96. The van der Waals surface area contributed by atoms with Gasteiger partial charge in [0.25, 0.3) is 0 Å². The van der Waals surface area contributed by atoms with Crippen LogP contribution in [0, 0.1) is 5.92 Å². The first kappa shape index (κ1) is 22.5. The minimum Gasteiger partial charge on any atom is -0.467 e. The zero-order valence-electron chi connectivity index (χ0n) is 19.0. The molecule has 8 heteroatoms. The lowest BCUT2D eigenvalue weighted by atomic mass is 10.00. The number of anilines is 1. The zero-order chi connectivity index (χ0) is 22.5. The molecule has 4 rings (SSSR count). The van der Waals surface area contributed by atoms with Crippen LogP contribution < -0.4 is 4.90 Å². The van der Waals surface area contributed by atoms with Crippen molar-refractivity contribution in [1.29, 1.82) is 0 Å². The number of benzene rings is 1. The average molecular weight is 454 g/mol. The van der Waals surface area contributed by atoms with Gasteiger partial charge in [0.15, 0.2) is 5.16 Å². The van der Waals surface area contributed by atoms with E-state index in [1.54, 1.807) is 11.2 Å². The summed E-state index contributed by atoms with van der Waals surface area (Å²) in [4.78, 5) is 17.1. The highest BCUT2D eigenvalue weighted by molar-refractivity contribution is 8.00. The van der Waals surface area contributed by atoms with Crippen LogP contribution in [0.15, 0.2) is 58.3 Å². The predicted octanol–water partition coefficient (Wildman–Crippen LogP) is 4.29. The van der Waals surface area contributed by atoms with Crippen LogP contribution in [0.4, 0.5) is 5.95 Å². The molecule has 1 amide bonds. The molecule has 1 unspecified atom stereocenters. The van der Waals surface area contributed by atoms with Crippen molar-refractivity contribution in [2.45, 2.75) is 50.2 Å². The topological polar surface area (TPSA) is 67.4 Å². The number of carbonyl (C=O) groups excluding carboxylic acids is 1. The van der Waals surface area contributed by atoms with Crippen LogP contribution in [0.1, 0.15) is 38.0 Å². The van der Waals surface area contributed by atoms with Crippen molar-refractivity contribution < 1.29 is 9.21 Å². The fraction of sp³-hybridized carbons (Fsp3) is 0.458. The molecule has 3 aromatic rings. The van der Waals surface area contributed by atoms with Crippen LogP contribution in [0.3, 0.4) is 0 Å². The molecule has 170 valence electrons. The second kappa shape index (κ2) is 10.3. The van der Waals surface area contributed by atoms with Crippen LogP contribution in [-0.2, 0) is 17.9 Å².